The Kier molecular flexibility index (Phi) is 4.04. The molecule has 2 aliphatic heterocycles. The zero-order chi connectivity index (χ0) is 11.4. The molecule has 0 unspecified atom stereocenters. The molecule has 2 heteroatoms. The first-order chi connectivity index (χ1) is 7.74. The van der Waals surface area contributed by atoms with Gasteiger partial charge in [0.05, 0.1) is 0 Å². The van der Waals surface area contributed by atoms with Crippen LogP contribution in [0.1, 0.15) is 39.5 Å². The first-order valence-electron chi connectivity index (χ1n) is 6.83. The molecular formula is C14H26N2. The van der Waals surface area contributed by atoms with Gasteiger partial charge in [-0.15, -0.1) is 0 Å². The fraction of sp³-hybridized carbons (Fsp3) is 0.857. The molecule has 2 heterocycles. The zero-order valence-electron chi connectivity index (χ0n) is 10.9. The predicted molar refractivity (Wildman–Crippen MR) is 69.6 cm³/mol. The third kappa shape index (κ3) is 2.86. The SMILES string of the molecule is CCC1(CN2CC=C(C)CC2)CCNCC1. The van der Waals surface area contributed by atoms with Gasteiger partial charge in [-0.2, -0.15) is 0 Å². The van der Waals surface area contributed by atoms with Crippen LogP contribution in [0.25, 0.3) is 0 Å². The van der Waals surface area contributed by atoms with E-state index >= 15 is 0 Å². The van der Waals surface area contributed by atoms with Gasteiger partial charge in [0.15, 0.2) is 0 Å². The van der Waals surface area contributed by atoms with Gasteiger partial charge >= 0.3 is 0 Å². The molecule has 0 aromatic heterocycles. The molecule has 0 spiro atoms. The third-order valence-electron chi connectivity index (χ3n) is 4.49. The molecule has 1 saturated heterocycles. The van der Waals surface area contributed by atoms with Crippen molar-refractivity contribution in [2.75, 3.05) is 32.7 Å². The van der Waals surface area contributed by atoms with Crippen LogP contribution < -0.4 is 5.32 Å². The number of rotatable bonds is 3. The molecule has 0 radical (unpaired) electrons. The molecule has 2 rings (SSSR count). The molecule has 1 fully saturated rings. The Morgan fingerprint density at radius 1 is 1.38 bits per heavy atom. The summed E-state index contributed by atoms with van der Waals surface area (Å²) < 4.78 is 0. The fourth-order valence-corrected chi connectivity index (χ4v) is 3.01. The molecule has 0 aliphatic carbocycles. The molecule has 0 amide bonds. The Labute approximate surface area is 100 Å². The summed E-state index contributed by atoms with van der Waals surface area (Å²) in [6.45, 7) is 10.8. The van der Waals surface area contributed by atoms with Gasteiger partial charge in [-0.25, -0.2) is 0 Å². The summed E-state index contributed by atoms with van der Waals surface area (Å²) >= 11 is 0. The van der Waals surface area contributed by atoms with Gasteiger partial charge < -0.3 is 5.32 Å². The summed E-state index contributed by atoms with van der Waals surface area (Å²) in [5, 5.41) is 3.49. The lowest BCUT2D eigenvalue weighted by Gasteiger charge is -2.41. The maximum absolute atomic E-state index is 3.49. The van der Waals surface area contributed by atoms with Gasteiger partial charge in [0.2, 0.25) is 0 Å². The Hall–Kier alpha value is -0.340. The molecule has 16 heavy (non-hydrogen) atoms. The van der Waals surface area contributed by atoms with Crippen LogP contribution in [0.15, 0.2) is 11.6 Å². The van der Waals surface area contributed by atoms with Crippen molar-refractivity contribution < 1.29 is 0 Å². The lowest BCUT2D eigenvalue weighted by Crippen LogP contribution is -2.45. The summed E-state index contributed by atoms with van der Waals surface area (Å²) in [6, 6.07) is 0. The molecule has 0 bridgehead atoms. The van der Waals surface area contributed by atoms with Gasteiger partial charge in [-0.3, -0.25) is 4.90 Å². The van der Waals surface area contributed by atoms with Gasteiger partial charge in [0, 0.05) is 19.6 Å². The second kappa shape index (κ2) is 5.33. The summed E-state index contributed by atoms with van der Waals surface area (Å²) in [5.41, 5.74) is 2.18. The summed E-state index contributed by atoms with van der Waals surface area (Å²) in [6.07, 6.45) is 7.76. The van der Waals surface area contributed by atoms with E-state index in [4.69, 9.17) is 0 Å². The molecule has 0 saturated carbocycles. The van der Waals surface area contributed by atoms with E-state index in [0.717, 1.165) is 0 Å². The lowest BCUT2D eigenvalue weighted by atomic mass is 9.76. The van der Waals surface area contributed by atoms with E-state index in [-0.39, 0.29) is 0 Å². The van der Waals surface area contributed by atoms with Gasteiger partial charge in [-0.05, 0) is 51.1 Å². The summed E-state index contributed by atoms with van der Waals surface area (Å²) in [4.78, 5) is 2.65. The molecule has 0 atom stereocenters. The molecule has 0 aromatic carbocycles. The normalized spacial score (nSPS) is 26.5. The zero-order valence-corrected chi connectivity index (χ0v) is 10.9. The summed E-state index contributed by atoms with van der Waals surface area (Å²) in [7, 11) is 0. The van der Waals surface area contributed by atoms with Crippen molar-refractivity contribution in [3.8, 4) is 0 Å². The minimum absolute atomic E-state index is 0.602. The van der Waals surface area contributed by atoms with Crippen LogP contribution in [-0.2, 0) is 0 Å². The topological polar surface area (TPSA) is 15.3 Å². The molecule has 1 N–H and O–H groups in total. The van der Waals surface area contributed by atoms with E-state index in [1.165, 1.54) is 58.4 Å². The Balaban J connectivity index is 1.91. The van der Waals surface area contributed by atoms with Crippen molar-refractivity contribution >= 4 is 0 Å². The summed E-state index contributed by atoms with van der Waals surface area (Å²) in [5.74, 6) is 0. The molecule has 92 valence electrons. The van der Waals surface area contributed by atoms with Crippen molar-refractivity contribution in [2.24, 2.45) is 5.41 Å². The maximum atomic E-state index is 3.49. The number of nitrogens with one attached hydrogen (secondary N) is 1. The minimum Gasteiger partial charge on any atom is -0.317 e. The van der Waals surface area contributed by atoms with Crippen molar-refractivity contribution in [3.05, 3.63) is 11.6 Å². The second-order valence-electron chi connectivity index (χ2n) is 5.64. The van der Waals surface area contributed by atoms with E-state index in [2.05, 4.69) is 30.1 Å². The van der Waals surface area contributed by atoms with Crippen LogP contribution in [0.4, 0.5) is 0 Å². The average molecular weight is 222 g/mol. The highest BCUT2D eigenvalue weighted by Gasteiger charge is 2.32. The van der Waals surface area contributed by atoms with Crippen LogP contribution >= 0.6 is 0 Å². The van der Waals surface area contributed by atoms with Crippen LogP contribution in [-0.4, -0.2) is 37.6 Å². The Morgan fingerprint density at radius 2 is 2.12 bits per heavy atom. The van der Waals surface area contributed by atoms with Crippen LogP contribution in [0.5, 0.6) is 0 Å². The predicted octanol–water partition coefficient (Wildman–Crippen LogP) is 2.42. The average Bonchev–Trinajstić information content (AvgIpc) is 2.33. The van der Waals surface area contributed by atoms with Crippen molar-refractivity contribution in [1.82, 2.24) is 10.2 Å². The van der Waals surface area contributed by atoms with E-state index in [0.29, 0.717) is 5.41 Å². The van der Waals surface area contributed by atoms with Crippen LogP contribution in [0, 0.1) is 5.41 Å². The number of piperidine rings is 1. The first-order valence-corrected chi connectivity index (χ1v) is 6.83. The smallest absolute Gasteiger partial charge is 0.0166 e. The molecule has 2 nitrogen and oxygen atoms in total. The standard InChI is InChI=1S/C14H26N2/c1-3-14(6-8-15-9-7-14)12-16-10-4-13(2)5-11-16/h4,15H,3,5-12H2,1-2H3. The van der Waals surface area contributed by atoms with Crippen LogP contribution in [0.3, 0.4) is 0 Å². The van der Waals surface area contributed by atoms with E-state index in [9.17, 15) is 0 Å². The van der Waals surface area contributed by atoms with Gasteiger partial charge in [0.25, 0.3) is 0 Å². The first kappa shape index (κ1) is 12.1. The number of nitrogens with zero attached hydrogens (tertiary/aromatic N) is 1. The van der Waals surface area contributed by atoms with Gasteiger partial charge in [-0.1, -0.05) is 18.6 Å². The molecule has 2 aliphatic rings. The fourth-order valence-electron chi connectivity index (χ4n) is 3.01. The largest absolute Gasteiger partial charge is 0.317 e. The van der Waals surface area contributed by atoms with Crippen molar-refractivity contribution in [2.45, 2.75) is 39.5 Å². The maximum Gasteiger partial charge on any atom is 0.0166 e. The highest BCUT2D eigenvalue weighted by Crippen LogP contribution is 2.33. The highest BCUT2D eigenvalue weighted by molar-refractivity contribution is 5.04. The monoisotopic (exact) mass is 222 g/mol. The Bertz CT molecular complexity index is 251. The third-order valence-corrected chi connectivity index (χ3v) is 4.49. The lowest BCUT2D eigenvalue weighted by molar-refractivity contribution is 0.112. The van der Waals surface area contributed by atoms with Crippen molar-refractivity contribution in [3.63, 3.8) is 0 Å². The van der Waals surface area contributed by atoms with Crippen molar-refractivity contribution in [1.29, 1.82) is 0 Å². The molecular weight excluding hydrogens is 196 g/mol. The minimum atomic E-state index is 0.602. The highest BCUT2D eigenvalue weighted by atomic mass is 15.1. The van der Waals surface area contributed by atoms with E-state index in [1.54, 1.807) is 5.57 Å². The molecule has 0 aromatic rings. The van der Waals surface area contributed by atoms with Crippen LogP contribution in [0.2, 0.25) is 0 Å². The quantitative estimate of drug-likeness (QED) is 0.738. The van der Waals surface area contributed by atoms with E-state index in [1.807, 2.05) is 0 Å². The van der Waals surface area contributed by atoms with Gasteiger partial charge in [0.1, 0.15) is 0 Å². The van der Waals surface area contributed by atoms with E-state index < -0.39 is 0 Å². The second-order valence-corrected chi connectivity index (χ2v) is 5.64. The number of hydrogen-bond donors (Lipinski definition) is 1. The Morgan fingerprint density at radius 3 is 2.69 bits per heavy atom. The number of hydrogen-bond acceptors (Lipinski definition) is 2.